The van der Waals surface area contributed by atoms with Crippen LogP contribution in [-0.2, 0) is 14.3 Å². The minimum Gasteiger partial charge on any atom is -0.430 e. The molecule has 0 bridgehead atoms. The largest absolute Gasteiger partial charge is 0.430 e. The number of rotatable bonds is 7. The number of nitrogens with zero attached hydrogens (tertiary/aromatic N) is 1. The molecule has 3 aromatic rings. The Labute approximate surface area is 260 Å². The molecule has 3 unspecified atom stereocenters. The molecule has 3 aromatic carbocycles. The molecule has 9 nitrogen and oxygen atoms in total. The van der Waals surface area contributed by atoms with E-state index in [2.05, 4.69) is 10.6 Å². The van der Waals surface area contributed by atoms with E-state index in [1.807, 2.05) is 25.1 Å². The fourth-order valence-corrected chi connectivity index (χ4v) is 5.42. The molecule has 11 heteroatoms. The monoisotopic (exact) mass is 625 g/mol. The maximum Gasteiger partial charge on any atom is 0.411 e. The molecule has 2 amide bonds. The summed E-state index contributed by atoms with van der Waals surface area (Å²) in [6.45, 7) is 5.63. The smallest absolute Gasteiger partial charge is 0.411 e. The predicted octanol–water partition coefficient (Wildman–Crippen LogP) is 6.90. The van der Waals surface area contributed by atoms with Gasteiger partial charge in [-0.2, -0.15) is 0 Å². The van der Waals surface area contributed by atoms with Crippen LogP contribution in [0.4, 0.5) is 16.2 Å². The molecular weight excluding hydrogens is 593 g/mol. The first kappa shape index (κ1) is 31.8. The molecule has 1 aliphatic rings. The second-order valence-corrected chi connectivity index (χ2v) is 11.4. The van der Waals surface area contributed by atoms with Crippen LogP contribution in [0.1, 0.15) is 63.1 Å². The summed E-state index contributed by atoms with van der Waals surface area (Å²) in [6.07, 6.45) is 0.331. The molecule has 43 heavy (non-hydrogen) atoms. The van der Waals surface area contributed by atoms with Crippen LogP contribution in [-0.4, -0.2) is 54.0 Å². The number of hydrogen-bond acceptors (Lipinski definition) is 7. The predicted molar refractivity (Wildman–Crippen MR) is 166 cm³/mol. The number of fused-ring (bicyclic) bond motifs is 1. The van der Waals surface area contributed by atoms with Crippen LogP contribution in [0.5, 0.6) is 0 Å². The van der Waals surface area contributed by atoms with Crippen LogP contribution >= 0.6 is 23.2 Å². The maximum atomic E-state index is 13.7. The molecule has 0 aliphatic carbocycles. The number of amides is 2. The van der Waals surface area contributed by atoms with Gasteiger partial charge in [0.15, 0.2) is 5.56 Å². The van der Waals surface area contributed by atoms with Crippen LogP contribution in [0.15, 0.2) is 60.7 Å². The van der Waals surface area contributed by atoms with E-state index < -0.39 is 35.6 Å². The van der Waals surface area contributed by atoms with Crippen molar-refractivity contribution in [3.8, 4) is 0 Å². The van der Waals surface area contributed by atoms with Crippen LogP contribution < -0.4 is 10.6 Å². The molecule has 2 N–H and O–H groups in total. The Bertz CT molecular complexity index is 1540. The molecule has 0 radical (unpaired) electrons. The lowest BCUT2D eigenvalue weighted by molar-refractivity contribution is -0.144. The van der Waals surface area contributed by atoms with Crippen molar-refractivity contribution in [3.05, 3.63) is 93.5 Å². The minimum atomic E-state index is -1.23. The van der Waals surface area contributed by atoms with E-state index in [4.69, 9.17) is 32.7 Å². The van der Waals surface area contributed by atoms with Crippen LogP contribution in [0.25, 0.3) is 0 Å². The van der Waals surface area contributed by atoms with E-state index in [9.17, 15) is 19.2 Å². The summed E-state index contributed by atoms with van der Waals surface area (Å²) in [4.78, 5) is 53.8. The van der Waals surface area contributed by atoms with Gasteiger partial charge in [0.1, 0.15) is 6.04 Å². The molecule has 3 atom stereocenters. The summed E-state index contributed by atoms with van der Waals surface area (Å²) in [7, 11) is 1.40. The number of aryl methyl sites for hydroxylation is 2. The quantitative estimate of drug-likeness (QED) is 0.167. The molecule has 0 saturated carbocycles. The average molecular weight is 627 g/mol. The third-order valence-electron chi connectivity index (χ3n) is 7.30. The lowest BCUT2D eigenvalue weighted by atomic mass is 9.86. The van der Waals surface area contributed by atoms with Crippen molar-refractivity contribution < 1.29 is 28.7 Å². The number of carbonyl (C=O) groups is 4. The molecule has 4 rings (SSSR count). The van der Waals surface area contributed by atoms with Crippen molar-refractivity contribution in [3.63, 3.8) is 0 Å². The zero-order valence-electron chi connectivity index (χ0n) is 24.3. The number of hydrogen-bond donors (Lipinski definition) is 2. The number of esters is 2. The van der Waals surface area contributed by atoms with Crippen molar-refractivity contribution in [2.24, 2.45) is 0 Å². The summed E-state index contributed by atoms with van der Waals surface area (Å²) < 4.78 is 10.6. The highest BCUT2D eigenvalue weighted by Crippen LogP contribution is 2.38. The molecule has 0 fully saturated rings. The van der Waals surface area contributed by atoms with Crippen molar-refractivity contribution in [2.75, 3.05) is 24.2 Å². The highest BCUT2D eigenvalue weighted by molar-refractivity contribution is 6.30. The Kier molecular flexibility index (Phi) is 10.3. The van der Waals surface area contributed by atoms with Gasteiger partial charge < -0.3 is 20.1 Å². The number of benzene rings is 3. The van der Waals surface area contributed by atoms with Gasteiger partial charge in [-0.15, -0.1) is 0 Å². The number of carbonyl (C=O) groups excluding carboxylic acids is 4. The van der Waals surface area contributed by atoms with Crippen LogP contribution in [0.3, 0.4) is 0 Å². The molecule has 0 saturated heterocycles. The normalized spacial score (nSPS) is 15.5. The van der Waals surface area contributed by atoms with E-state index in [0.29, 0.717) is 46.8 Å². The van der Waals surface area contributed by atoms with Gasteiger partial charge in [0.05, 0.1) is 5.56 Å². The van der Waals surface area contributed by atoms with E-state index in [-0.39, 0.29) is 11.5 Å². The van der Waals surface area contributed by atoms with Crippen molar-refractivity contribution in [1.82, 2.24) is 4.90 Å². The Morgan fingerprint density at radius 2 is 1.74 bits per heavy atom. The molecule has 0 spiro atoms. The Morgan fingerprint density at radius 1 is 1.00 bits per heavy atom. The number of anilines is 2. The van der Waals surface area contributed by atoms with E-state index in [1.54, 1.807) is 43.3 Å². The van der Waals surface area contributed by atoms with Crippen molar-refractivity contribution in [1.29, 1.82) is 0 Å². The van der Waals surface area contributed by atoms with E-state index in [1.165, 1.54) is 20.0 Å². The number of likely N-dealkylation sites (N-methyl/N-ethyl adjacent to an activating group) is 1. The lowest BCUT2D eigenvalue weighted by Gasteiger charge is -2.32. The topological polar surface area (TPSA) is 114 Å². The third kappa shape index (κ3) is 7.66. The first-order chi connectivity index (χ1) is 20.5. The standard InChI is InChI=1S/C32H33Cl2N3O6/c1-18-8-5-6-9-23(18)29(38)36-22-12-13-24(19(2)16-22)30(39)43-31(40)28(37(4)32(41)42-20(3)33)25-10-7-15-35-27-14-11-21(34)17-26(25)27/h5-6,8-9,11-14,16-17,20,25,28,35H,7,10,15H2,1-4H3,(H,36,38). The second kappa shape index (κ2) is 13.9. The summed E-state index contributed by atoms with van der Waals surface area (Å²) in [5.41, 5.74) is 2.98. The second-order valence-electron chi connectivity index (χ2n) is 10.4. The number of ether oxygens (including phenoxy) is 2. The summed E-state index contributed by atoms with van der Waals surface area (Å²) in [5, 5.41) is 6.61. The first-order valence-corrected chi connectivity index (χ1v) is 14.6. The Morgan fingerprint density at radius 3 is 2.44 bits per heavy atom. The van der Waals surface area contributed by atoms with Gasteiger partial charge in [-0.3, -0.25) is 9.69 Å². The number of halogens is 2. The summed E-state index contributed by atoms with van der Waals surface area (Å²) in [5.74, 6) is -2.67. The van der Waals surface area contributed by atoms with Gasteiger partial charge in [0.25, 0.3) is 5.91 Å². The zero-order chi connectivity index (χ0) is 31.3. The molecular formula is C32H33Cl2N3O6. The summed E-state index contributed by atoms with van der Waals surface area (Å²) in [6, 6.07) is 15.9. The fourth-order valence-electron chi connectivity index (χ4n) is 5.16. The zero-order valence-corrected chi connectivity index (χ0v) is 25.8. The van der Waals surface area contributed by atoms with Crippen LogP contribution in [0.2, 0.25) is 5.02 Å². The third-order valence-corrected chi connectivity index (χ3v) is 7.62. The fraction of sp³-hybridized carbons (Fsp3) is 0.312. The van der Waals surface area contributed by atoms with Gasteiger partial charge in [0, 0.05) is 41.5 Å². The molecule has 0 aromatic heterocycles. The Balaban J connectivity index is 1.59. The number of nitrogens with one attached hydrogen (secondary N) is 2. The van der Waals surface area contributed by atoms with Gasteiger partial charge in [-0.05, 0) is 92.8 Å². The van der Waals surface area contributed by atoms with Gasteiger partial charge in [-0.25, -0.2) is 14.4 Å². The van der Waals surface area contributed by atoms with Gasteiger partial charge in [0.2, 0.25) is 0 Å². The maximum absolute atomic E-state index is 13.7. The Hall–Kier alpha value is -4.08. The minimum absolute atomic E-state index is 0.131. The van der Waals surface area contributed by atoms with Gasteiger partial charge in [-0.1, -0.05) is 41.4 Å². The first-order valence-electron chi connectivity index (χ1n) is 13.8. The molecule has 1 aliphatic heterocycles. The van der Waals surface area contributed by atoms with Crippen LogP contribution in [0, 0.1) is 13.8 Å². The highest BCUT2D eigenvalue weighted by atomic mass is 35.5. The van der Waals surface area contributed by atoms with E-state index in [0.717, 1.165) is 16.2 Å². The summed E-state index contributed by atoms with van der Waals surface area (Å²) >= 11 is 12.2. The SMILES string of the molecule is Cc1ccccc1C(=O)Nc1ccc(C(=O)OC(=O)C(C2CCCNc3ccc(Cl)cc32)N(C)C(=O)OC(C)Cl)c(C)c1. The average Bonchev–Trinajstić information content (AvgIpc) is 3.15. The van der Waals surface area contributed by atoms with Crippen molar-refractivity contribution in [2.45, 2.75) is 51.1 Å². The number of alkyl halides is 1. The highest BCUT2D eigenvalue weighted by Gasteiger charge is 2.40. The van der Waals surface area contributed by atoms with E-state index >= 15 is 0 Å². The van der Waals surface area contributed by atoms with Gasteiger partial charge >= 0.3 is 18.0 Å². The lowest BCUT2D eigenvalue weighted by Crippen LogP contribution is -2.48. The van der Waals surface area contributed by atoms with Crippen molar-refractivity contribution >= 4 is 58.5 Å². The molecule has 226 valence electrons. The molecule has 1 heterocycles.